The molecule has 0 N–H and O–H groups in total. The van der Waals surface area contributed by atoms with Crippen LogP contribution in [0.15, 0.2) is 12.2 Å². The van der Waals surface area contributed by atoms with E-state index in [-0.39, 0.29) is 0 Å². The fourth-order valence-electron chi connectivity index (χ4n) is 1.91. The summed E-state index contributed by atoms with van der Waals surface area (Å²) in [5, 5.41) is 0. The van der Waals surface area contributed by atoms with Crippen molar-refractivity contribution < 1.29 is 4.74 Å². The molecule has 0 spiro atoms. The minimum atomic E-state index is 0.434. The maximum atomic E-state index is 5.23. The Kier molecular flexibility index (Phi) is 13.5. The van der Waals surface area contributed by atoms with E-state index in [4.69, 9.17) is 4.74 Å². The molecule has 17 heavy (non-hydrogen) atoms. The fraction of sp³-hybridized carbons (Fsp3) is 0.875. The summed E-state index contributed by atoms with van der Waals surface area (Å²) >= 11 is 0. The molecule has 0 heterocycles. The van der Waals surface area contributed by atoms with Gasteiger partial charge in [0.1, 0.15) is 0 Å². The summed E-state index contributed by atoms with van der Waals surface area (Å²) in [5.74, 6) is 0. The van der Waals surface area contributed by atoms with Crippen molar-refractivity contribution >= 4 is 0 Å². The van der Waals surface area contributed by atoms with Crippen molar-refractivity contribution in [3.63, 3.8) is 0 Å². The van der Waals surface area contributed by atoms with Gasteiger partial charge in [-0.25, -0.2) is 0 Å². The average Bonchev–Trinajstić information content (AvgIpc) is 2.35. The van der Waals surface area contributed by atoms with Gasteiger partial charge in [0.05, 0.1) is 6.10 Å². The van der Waals surface area contributed by atoms with Crippen LogP contribution in [0.3, 0.4) is 0 Å². The summed E-state index contributed by atoms with van der Waals surface area (Å²) in [6.07, 6.45) is 18.4. The van der Waals surface area contributed by atoms with Gasteiger partial charge in [0.2, 0.25) is 0 Å². The molecule has 0 radical (unpaired) electrons. The molecule has 102 valence electrons. The Morgan fingerprint density at radius 3 is 2.00 bits per heavy atom. The third kappa shape index (κ3) is 13.6. The smallest absolute Gasteiger partial charge is 0.0543 e. The number of methoxy groups -OCH3 is 1. The zero-order valence-electron chi connectivity index (χ0n) is 12.2. The van der Waals surface area contributed by atoms with Crippen LogP contribution >= 0.6 is 0 Å². The van der Waals surface area contributed by atoms with Gasteiger partial charge in [0.15, 0.2) is 0 Å². The van der Waals surface area contributed by atoms with Crippen molar-refractivity contribution in [1.29, 1.82) is 0 Å². The molecule has 0 bridgehead atoms. The molecule has 1 heteroatoms. The molecule has 0 aromatic rings. The van der Waals surface area contributed by atoms with Crippen molar-refractivity contribution in [3.8, 4) is 0 Å². The van der Waals surface area contributed by atoms with Gasteiger partial charge in [0, 0.05) is 7.11 Å². The Morgan fingerprint density at radius 1 is 0.882 bits per heavy atom. The molecule has 1 unspecified atom stereocenters. The van der Waals surface area contributed by atoms with Crippen molar-refractivity contribution in [3.05, 3.63) is 12.2 Å². The number of allylic oxidation sites excluding steroid dienone is 2. The van der Waals surface area contributed by atoms with Crippen LogP contribution in [-0.2, 0) is 4.74 Å². The fourth-order valence-corrected chi connectivity index (χ4v) is 1.91. The van der Waals surface area contributed by atoms with Crippen LogP contribution in [0.25, 0.3) is 0 Å². The molecular weight excluding hydrogens is 208 g/mol. The molecular formula is C16H32O. The van der Waals surface area contributed by atoms with Gasteiger partial charge in [-0.1, -0.05) is 51.2 Å². The maximum Gasteiger partial charge on any atom is 0.0543 e. The van der Waals surface area contributed by atoms with Crippen LogP contribution < -0.4 is 0 Å². The normalized spacial score (nSPS) is 13.4. The molecule has 0 fully saturated rings. The quantitative estimate of drug-likeness (QED) is 0.323. The predicted molar refractivity (Wildman–Crippen MR) is 77.5 cm³/mol. The first-order valence-corrected chi connectivity index (χ1v) is 7.49. The van der Waals surface area contributed by atoms with E-state index in [1.54, 1.807) is 7.11 Å². The summed E-state index contributed by atoms with van der Waals surface area (Å²) in [6.45, 7) is 4.41. The SMILES string of the molecule is CCCCCCC=CCCCCCC(C)OC. The predicted octanol–water partition coefficient (Wildman–Crippen LogP) is 5.50. The van der Waals surface area contributed by atoms with Crippen LogP contribution in [0.4, 0.5) is 0 Å². The van der Waals surface area contributed by atoms with Crippen molar-refractivity contribution in [1.82, 2.24) is 0 Å². The minimum Gasteiger partial charge on any atom is -0.382 e. The third-order valence-corrected chi connectivity index (χ3v) is 3.27. The van der Waals surface area contributed by atoms with Crippen molar-refractivity contribution in [2.45, 2.75) is 84.2 Å². The highest BCUT2D eigenvalue weighted by molar-refractivity contribution is 4.81. The van der Waals surface area contributed by atoms with Crippen LogP contribution in [-0.4, -0.2) is 13.2 Å². The molecule has 0 aliphatic heterocycles. The number of hydrogen-bond acceptors (Lipinski definition) is 1. The highest BCUT2D eigenvalue weighted by Crippen LogP contribution is 2.08. The topological polar surface area (TPSA) is 9.23 Å². The molecule has 0 aliphatic rings. The van der Waals surface area contributed by atoms with Gasteiger partial charge in [-0.2, -0.15) is 0 Å². The Morgan fingerprint density at radius 2 is 1.47 bits per heavy atom. The summed E-state index contributed by atoms with van der Waals surface area (Å²) in [6, 6.07) is 0. The number of ether oxygens (including phenoxy) is 1. The van der Waals surface area contributed by atoms with E-state index in [2.05, 4.69) is 26.0 Å². The summed E-state index contributed by atoms with van der Waals surface area (Å²) in [7, 11) is 1.80. The van der Waals surface area contributed by atoms with Gasteiger partial charge < -0.3 is 4.74 Å². The molecule has 1 atom stereocenters. The zero-order valence-corrected chi connectivity index (χ0v) is 12.2. The molecule has 0 rings (SSSR count). The molecule has 0 aromatic carbocycles. The second kappa shape index (κ2) is 13.8. The van der Waals surface area contributed by atoms with E-state index in [9.17, 15) is 0 Å². The summed E-state index contributed by atoms with van der Waals surface area (Å²) < 4.78 is 5.23. The Bertz CT molecular complexity index is 163. The standard InChI is InChI=1S/C16H32O/c1-4-5-6-7-8-9-10-11-12-13-14-15-16(2)17-3/h9-10,16H,4-8,11-15H2,1-3H3. The number of rotatable bonds is 12. The molecule has 0 amide bonds. The van der Waals surface area contributed by atoms with E-state index >= 15 is 0 Å². The lowest BCUT2D eigenvalue weighted by molar-refractivity contribution is 0.108. The summed E-state index contributed by atoms with van der Waals surface area (Å²) in [5.41, 5.74) is 0. The van der Waals surface area contributed by atoms with Gasteiger partial charge in [-0.3, -0.25) is 0 Å². The lowest BCUT2D eigenvalue weighted by Gasteiger charge is -2.07. The van der Waals surface area contributed by atoms with Gasteiger partial charge in [0.25, 0.3) is 0 Å². The molecule has 0 saturated heterocycles. The lowest BCUT2D eigenvalue weighted by atomic mass is 10.1. The highest BCUT2D eigenvalue weighted by atomic mass is 16.5. The average molecular weight is 240 g/mol. The molecule has 0 saturated carbocycles. The molecule has 1 nitrogen and oxygen atoms in total. The largest absolute Gasteiger partial charge is 0.382 e. The second-order valence-corrected chi connectivity index (χ2v) is 5.01. The Labute approximate surface area is 109 Å². The van der Waals surface area contributed by atoms with E-state index in [1.807, 2.05) is 0 Å². The first-order valence-electron chi connectivity index (χ1n) is 7.49. The third-order valence-electron chi connectivity index (χ3n) is 3.27. The van der Waals surface area contributed by atoms with Gasteiger partial charge >= 0.3 is 0 Å². The number of unbranched alkanes of at least 4 members (excludes halogenated alkanes) is 7. The van der Waals surface area contributed by atoms with E-state index in [1.165, 1.54) is 64.2 Å². The first-order chi connectivity index (χ1) is 8.31. The molecule has 0 aliphatic carbocycles. The second-order valence-electron chi connectivity index (χ2n) is 5.01. The Balaban J connectivity index is 3.09. The van der Waals surface area contributed by atoms with E-state index in [0.717, 1.165) is 0 Å². The minimum absolute atomic E-state index is 0.434. The zero-order chi connectivity index (χ0) is 12.8. The van der Waals surface area contributed by atoms with Crippen molar-refractivity contribution in [2.75, 3.05) is 7.11 Å². The monoisotopic (exact) mass is 240 g/mol. The van der Waals surface area contributed by atoms with Crippen molar-refractivity contribution in [2.24, 2.45) is 0 Å². The lowest BCUT2D eigenvalue weighted by Crippen LogP contribution is -2.03. The highest BCUT2D eigenvalue weighted by Gasteiger charge is 1.97. The molecule has 0 aromatic heterocycles. The maximum absolute atomic E-state index is 5.23. The van der Waals surface area contributed by atoms with Crippen LogP contribution in [0.2, 0.25) is 0 Å². The van der Waals surface area contributed by atoms with E-state index in [0.29, 0.717) is 6.10 Å². The summed E-state index contributed by atoms with van der Waals surface area (Å²) in [4.78, 5) is 0. The van der Waals surface area contributed by atoms with Crippen LogP contribution in [0, 0.1) is 0 Å². The van der Waals surface area contributed by atoms with Crippen LogP contribution in [0.5, 0.6) is 0 Å². The Hall–Kier alpha value is -0.300. The van der Waals surface area contributed by atoms with Gasteiger partial charge in [-0.05, 0) is 39.0 Å². The van der Waals surface area contributed by atoms with Crippen LogP contribution in [0.1, 0.15) is 78.1 Å². The number of hydrogen-bond donors (Lipinski definition) is 0. The van der Waals surface area contributed by atoms with Gasteiger partial charge in [-0.15, -0.1) is 0 Å². The first kappa shape index (κ1) is 16.7. The van der Waals surface area contributed by atoms with E-state index < -0.39 is 0 Å².